The standard InChI is InChI=1S/C19H18N2O2/c1-12-5-10-18-17(11-12)15-3-2-4-16(15)19(20-18)13-6-8-14(9-7-13)21(22)23/h2-3,5-11,15-16,19-20H,4H2,1H3/t15-,16-,19+/m1/s1. The Morgan fingerprint density at radius 3 is 2.70 bits per heavy atom. The summed E-state index contributed by atoms with van der Waals surface area (Å²) < 4.78 is 0. The molecule has 2 aliphatic rings. The number of anilines is 1. The normalized spacial score (nSPS) is 24.7. The molecule has 0 saturated carbocycles. The van der Waals surface area contributed by atoms with E-state index >= 15 is 0 Å². The highest BCUT2D eigenvalue weighted by molar-refractivity contribution is 5.60. The van der Waals surface area contributed by atoms with Crippen molar-refractivity contribution in [2.24, 2.45) is 5.92 Å². The maximum atomic E-state index is 10.8. The molecular weight excluding hydrogens is 288 g/mol. The Morgan fingerprint density at radius 1 is 1.17 bits per heavy atom. The van der Waals surface area contributed by atoms with Crippen LogP contribution >= 0.6 is 0 Å². The van der Waals surface area contributed by atoms with Crippen molar-refractivity contribution in [2.45, 2.75) is 25.3 Å². The number of non-ortho nitro benzene ring substituents is 1. The third-order valence-corrected chi connectivity index (χ3v) is 4.98. The number of aryl methyl sites for hydroxylation is 1. The van der Waals surface area contributed by atoms with Crippen LogP contribution in [0.15, 0.2) is 54.6 Å². The first-order chi connectivity index (χ1) is 11.1. The van der Waals surface area contributed by atoms with Crippen LogP contribution in [0.25, 0.3) is 0 Å². The lowest BCUT2D eigenvalue weighted by molar-refractivity contribution is -0.384. The Labute approximate surface area is 135 Å². The van der Waals surface area contributed by atoms with Gasteiger partial charge in [0.2, 0.25) is 0 Å². The smallest absolute Gasteiger partial charge is 0.269 e. The minimum absolute atomic E-state index is 0.140. The molecule has 4 heteroatoms. The molecule has 1 aliphatic heterocycles. The highest BCUT2D eigenvalue weighted by Gasteiger charge is 2.37. The zero-order chi connectivity index (χ0) is 16.0. The molecule has 2 aromatic rings. The van der Waals surface area contributed by atoms with Gasteiger partial charge in [0, 0.05) is 23.7 Å². The van der Waals surface area contributed by atoms with E-state index in [-0.39, 0.29) is 16.7 Å². The summed E-state index contributed by atoms with van der Waals surface area (Å²) in [7, 11) is 0. The molecule has 4 rings (SSSR count). The molecule has 1 heterocycles. The predicted molar refractivity (Wildman–Crippen MR) is 90.6 cm³/mol. The lowest BCUT2D eigenvalue weighted by Gasteiger charge is -2.37. The number of nitro benzene ring substituents is 1. The van der Waals surface area contributed by atoms with Gasteiger partial charge in [0.15, 0.2) is 0 Å². The van der Waals surface area contributed by atoms with E-state index < -0.39 is 0 Å². The van der Waals surface area contributed by atoms with Crippen molar-refractivity contribution in [3.05, 3.63) is 81.4 Å². The molecular formula is C19H18N2O2. The van der Waals surface area contributed by atoms with E-state index in [1.54, 1.807) is 12.1 Å². The van der Waals surface area contributed by atoms with Gasteiger partial charge in [0.25, 0.3) is 5.69 Å². The maximum absolute atomic E-state index is 10.8. The monoisotopic (exact) mass is 306 g/mol. The molecule has 116 valence electrons. The van der Waals surface area contributed by atoms with E-state index in [1.165, 1.54) is 16.8 Å². The second kappa shape index (κ2) is 5.23. The largest absolute Gasteiger partial charge is 0.378 e. The van der Waals surface area contributed by atoms with Gasteiger partial charge in [-0.25, -0.2) is 0 Å². The number of nitrogens with one attached hydrogen (secondary N) is 1. The van der Waals surface area contributed by atoms with Gasteiger partial charge in [-0.2, -0.15) is 0 Å². The number of benzene rings is 2. The molecule has 0 fully saturated rings. The topological polar surface area (TPSA) is 55.2 Å². The average molecular weight is 306 g/mol. The Kier molecular flexibility index (Phi) is 3.18. The number of nitro groups is 1. The van der Waals surface area contributed by atoms with E-state index in [4.69, 9.17) is 0 Å². The molecule has 1 N–H and O–H groups in total. The lowest BCUT2D eigenvalue weighted by Crippen LogP contribution is -2.29. The van der Waals surface area contributed by atoms with Crippen molar-refractivity contribution in [3.8, 4) is 0 Å². The van der Waals surface area contributed by atoms with Crippen molar-refractivity contribution >= 4 is 11.4 Å². The molecule has 1 aliphatic carbocycles. The molecule has 4 nitrogen and oxygen atoms in total. The summed E-state index contributed by atoms with van der Waals surface area (Å²) in [4.78, 5) is 10.5. The molecule has 0 amide bonds. The number of rotatable bonds is 2. The summed E-state index contributed by atoms with van der Waals surface area (Å²) in [5, 5.41) is 14.5. The molecule has 3 atom stereocenters. The van der Waals surface area contributed by atoms with Crippen LogP contribution in [0.3, 0.4) is 0 Å². The van der Waals surface area contributed by atoms with Crippen LogP contribution < -0.4 is 5.32 Å². The van der Waals surface area contributed by atoms with E-state index in [1.807, 2.05) is 12.1 Å². The number of hydrogen-bond acceptors (Lipinski definition) is 3. The summed E-state index contributed by atoms with van der Waals surface area (Å²) in [6, 6.07) is 13.7. The fraction of sp³-hybridized carbons (Fsp3) is 0.263. The van der Waals surface area contributed by atoms with Crippen molar-refractivity contribution in [1.82, 2.24) is 0 Å². The summed E-state index contributed by atoms with van der Waals surface area (Å²) in [6.45, 7) is 2.12. The quantitative estimate of drug-likeness (QED) is 0.496. The number of fused-ring (bicyclic) bond motifs is 3. The van der Waals surface area contributed by atoms with E-state index in [2.05, 4.69) is 42.6 Å². The van der Waals surface area contributed by atoms with E-state index in [0.717, 1.165) is 12.0 Å². The minimum Gasteiger partial charge on any atom is -0.378 e. The van der Waals surface area contributed by atoms with Crippen molar-refractivity contribution in [3.63, 3.8) is 0 Å². The fourth-order valence-electron chi connectivity index (χ4n) is 3.85. The maximum Gasteiger partial charge on any atom is 0.269 e. The Bertz CT molecular complexity index is 796. The molecule has 0 bridgehead atoms. The van der Waals surface area contributed by atoms with Gasteiger partial charge in [-0.05, 0) is 36.5 Å². The predicted octanol–water partition coefficient (Wildman–Crippen LogP) is 4.73. The van der Waals surface area contributed by atoms with E-state index in [9.17, 15) is 10.1 Å². The molecule has 0 unspecified atom stereocenters. The highest BCUT2D eigenvalue weighted by atomic mass is 16.6. The summed E-state index contributed by atoms with van der Waals surface area (Å²) in [5.74, 6) is 0.886. The molecule has 23 heavy (non-hydrogen) atoms. The Balaban J connectivity index is 1.73. The first-order valence-electron chi connectivity index (χ1n) is 7.91. The van der Waals surface area contributed by atoms with Gasteiger partial charge < -0.3 is 5.32 Å². The summed E-state index contributed by atoms with van der Waals surface area (Å²) in [6.07, 6.45) is 5.60. The second-order valence-electron chi connectivity index (χ2n) is 6.41. The third-order valence-electron chi connectivity index (χ3n) is 4.98. The van der Waals surface area contributed by atoms with Crippen LogP contribution in [0.2, 0.25) is 0 Å². The second-order valence-corrected chi connectivity index (χ2v) is 6.41. The van der Waals surface area contributed by atoms with Crippen molar-refractivity contribution < 1.29 is 4.92 Å². The van der Waals surface area contributed by atoms with Crippen molar-refractivity contribution in [1.29, 1.82) is 0 Å². The van der Waals surface area contributed by atoms with Gasteiger partial charge >= 0.3 is 0 Å². The number of allylic oxidation sites excluding steroid dienone is 2. The molecule has 0 aromatic heterocycles. The Morgan fingerprint density at radius 2 is 1.96 bits per heavy atom. The van der Waals surface area contributed by atoms with Gasteiger partial charge in [-0.15, -0.1) is 0 Å². The summed E-state index contributed by atoms with van der Waals surface area (Å²) in [5.41, 5.74) is 5.06. The van der Waals surface area contributed by atoms with Crippen LogP contribution in [-0.4, -0.2) is 4.92 Å². The van der Waals surface area contributed by atoms with Crippen LogP contribution in [-0.2, 0) is 0 Å². The SMILES string of the molecule is Cc1ccc2c(c1)[C@@H]1C=CC[C@H]1[C@H](c1ccc([N+](=O)[O-])cc1)N2. The van der Waals surface area contributed by atoms with Gasteiger partial charge in [0.1, 0.15) is 0 Å². The van der Waals surface area contributed by atoms with Gasteiger partial charge in [0.05, 0.1) is 11.0 Å². The van der Waals surface area contributed by atoms with Crippen LogP contribution in [0.4, 0.5) is 11.4 Å². The van der Waals surface area contributed by atoms with Crippen LogP contribution in [0.5, 0.6) is 0 Å². The molecule has 0 radical (unpaired) electrons. The van der Waals surface area contributed by atoms with E-state index in [0.29, 0.717) is 11.8 Å². The molecule has 0 spiro atoms. The zero-order valence-electron chi connectivity index (χ0n) is 12.9. The number of nitrogens with zero attached hydrogens (tertiary/aromatic N) is 1. The summed E-state index contributed by atoms with van der Waals surface area (Å²) >= 11 is 0. The van der Waals surface area contributed by atoms with Crippen molar-refractivity contribution in [2.75, 3.05) is 5.32 Å². The molecule has 0 saturated heterocycles. The fourth-order valence-corrected chi connectivity index (χ4v) is 3.85. The first kappa shape index (κ1) is 14.0. The van der Waals surface area contributed by atoms with Crippen LogP contribution in [0, 0.1) is 23.0 Å². The van der Waals surface area contributed by atoms with Gasteiger partial charge in [-0.3, -0.25) is 10.1 Å². The lowest BCUT2D eigenvalue weighted by atomic mass is 9.76. The first-order valence-corrected chi connectivity index (χ1v) is 7.91. The number of hydrogen-bond donors (Lipinski definition) is 1. The molecule has 2 aromatic carbocycles. The minimum atomic E-state index is -0.351. The zero-order valence-corrected chi connectivity index (χ0v) is 12.9. The Hall–Kier alpha value is -2.62. The third kappa shape index (κ3) is 2.31. The average Bonchev–Trinajstić information content (AvgIpc) is 3.04. The van der Waals surface area contributed by atoms with Crippen LogP contribution in [0.1, 0.15) is 35.1 Å². The highest BCUT2D eigenvalue weighted by Crippen LogP contribution is 2.49. The van der Waals surface area contributed by atoms with Gasteiger partial charge in [-0.1, -0.05) is 42.0 Å².